The summed E-state index contributed by atoms with van der Waals surface area (Å²) in [6.07, 6.45) is 5.01. The van der Waals surface area contributed by atoms with Crippen LogP contribution in [0.25, 0.3) is 0 Å². The van der Waals surface area contributed by atoms with Gasteiger partial charge in [0.15, 0.2) is 11.6 Å². The van der Waals surface area contributed by atoms with Crippen molar-refractivity contribution in [3.63, 3.8) is 0 Å². The van der Waals surface area contributed by atoms with Gasteiger partial charge in [-0.25, -0.2) is 14.3 Å². The molecule has 0 unspecified atom stereocenters. The predicted molar refractivity (Wildman–Crippen MR) is 90.8 cm³/mol. The van der Waals surface area contributed by atoms with Crippen LogP contribution >= 0.6 is 15.9 Å². The molecular weight excluding hydrogens is 382 g/mol. The summed E-state index contributed by atoms with van der Waals surface area (Å²) in [5.74, 6) is -0.818. The van der Waals surface area contributed by atoms with E-state index in [-0.39, 0.29) is 17.9 Å². The maximum atomic E-state index is 14.2. The Morgan fingerprint density at radius 1 is 1.33 bits per heavy atom. The van der Waals surface area contributed by atoms with E-state index in [4.69, 9.17) is 11.3 Å². The number of hydrogen-bond acceptors (Lipinski definition) is 3. The van der Waals surface area contributed by atoms with Crippen LogP contribution in [-0.2, 0) is 4.84 Å². The maximum Gasteiger partial charge on any atom is 0.277 e. The van der Waals surface area contributed by atoms with Crippen molar-refractivity contribution in [2.24, 2.45) is 0 Å². The van der Waals surface area contributed by atoms with Crippen molar-refractivity contribution in [1.29, 1.82) is 0 Å². The molecule has 0 saturated carbocycles. The van der Waals surface area contributed by atoms with Crippen LogP contribution < -0.4 is 10.8 Å². The SMILES string of the molecule is C#CCONC(=O)c1ccc(F)c(F)c1Nc1ccc(Br)cc1C. The van der Waals surface area contributed by atoms with Gasteiger partial charge in [-0.2, -0.15) is 0 Å². The smallest absolute Gasteiger partial charge is 0.277 e. The highest BCUT2D eigenvalue weighted by molar-refractivity contribution is 9.10. The van der Waals surface area contributed by atoms with Crippen LogP contribution in [0.1, 0.15) is 15.9 Å². The minimum atomic E-state index is -1.16. The molecule has 2 N–H and O–H groups in total. The van der Waals surface area contributed by atoms with E-state index < -0.39 is 17.5 Å². The summed E-state index contributed by atoms with van der Waals surface area (Å²) in [4.78, 5) is 16.8. The largest absolute Gasteiger partial charge is 0.352 e. The molecule has 0 bridgehead atoms. The van der Waals surface area contributed by atoms with Gasteiger partial charge in [0.2, 0.25) is 0 Å². The zero-order valence-corrected chi connectivity index (χ0v) is 14.2. The Hall–Kier alpha value is -2.43. The van der Waals surface area contributed by atoms with Crippen molar-refractivity contribution >= 4 is 33.2 Å². The molecule has 0 atom stereocenters. The molecule has 0 fully saturated rings. The molecule has 0 heterocycles. The third-order valence-electron chi connectivity index (χ3n) is 3.11. The fourth-order valence-corrected chi connectivity index (χ4v) is 2.44. The number of amides is 1. The van der Waals surface area contributed by atoms with E-state index in [9.17, 15) is 13.6 Å². The maximum absolute atomic E-state index is 14.2. The number of aryl methyl sites for hydroxylation is 1. The average Bonchev–Trinajstić information content (AvgIpc) is 2.54. The second-order valence-corrected chi connectivity index (χ2v) is 5.71. The molecule has 24 heavy (non-hydrogen) atoms. The van der Waals surface area contributed by atoms with Gasteiger partial charge in [-0.05, 0) is 42.8 Å². The van der Waals surface area contributed by atoms with E-state index in [0.717, 1.165) is 22.2 Å². The Bertz CT molecular complexity index is 819. The Morgan fingerprint density at radius 3 is 2.75 bits per heavy atom. The first-order chi connectivity index (χ1) is 11.4. The highest BCUT2D eigenvalue weighted by Gasteiger charge is 2.19. The summed E-state index contributed by atoms with van der Waals surface area (Å²) in [5.41, 5.74) is 2.98. The highest BCUT2D eigenvalue weighted by Crippen LogP contribution is 2.29. The van der Waals surface area contributed by atoms with Gasteiger partial charge in [0.05, 0.1) is 11.3 Å². The lowest BCUT2D eigenvalue weighted by molar-refractivity contribution is 0.0438. The Kier molecular flexibility index (Phi) is 5.90. The van der Waals surface area contributed by atoms with Crippen LogP contribution in [-0.4, -0.2) is 12.5 Å². The highest BCUT2D eigenvalue weighted by atomic mass is 79.9. The monoisotopic (exact) mass is 394 g/mol. The van der Waals surface area contributed by atoms with Crippen LogP contribution in [0, 0.1) is 30.9 Å². The van der Waals surface area contributed by atoms with Gasteiger partial charge < -0.3 is 5.32 Å². The topological polar surface area (TPSA) is 50.4 Å². The van der Waals surface area contributed by atoms with Crippen molar-refractivity contribution < 1.29 is 18.4 Å². The van der Waals surface area contributed by atoms with E-state index in [1.807, 2.05) is 0 Å². The zero-order valence-electron chi connectivity index (χ0n) is 12.6. The third kappa shape index (κ3) is 4.10. The number of hydrogen-bond donors (Lipinski definition) is 2. The number of hydroxylamine groups is 1. The molecule has 2 aromatic rings. The Morgan fingerprint density at radius 2 is 2.08 bits per heavy atom. The fraction of sp³-hybridized carbons (Fsp3) is 0.118. The summed E-state index contributed by atoms with van der Waals surface area (Å²) in [6.45, 7) is 1.64. The average molecular weight is 395 g/mol. The molecule has 0 aromatic heterocycles. The van der Waals surface area contributed by atoms with Crippen LogP contribution in [0.3, 0.4) is 0 Å². The second kappa shape index (κ2) is 7.90. The quantitative estimate of drug-likeness (QED) is 0.456. The molecule has 2 aromatic carbocycles. The first-order valence-corrected chi connectivity index (χ1v) is 7.60. The van der Waals surface area contributed by atoms with Crippen molar-refractivity contribution in [1.82, 2.24) is 5.48 Å². The van der Waals surface area contributed by atoms with Gasteiger partial charge in [0.25, 0.3) is 5.91 Å². The number of carbonyl (C=O) groups excluding carboxylic acids is 1. The number of nitrogens with one attached hydrogen (secondary N) is 2. The lowest BCUT2D eigenvalue weighted by Crippen LogP contribution is -2.25. The predicted octanol–water partition coefficient (Wildman–Crippen LogP) is 4.07. The van der Waals surface area contributed by atoms with Gasteiger partial charge >= 0.3 is 0 Å². The van der Waals surface area contributed by atoms with E-state index >= 15 is 0 Å². The van der Waals surface area contributed by atoms with Gasteiger partial charge in [-0.3, -0.25) is 9.63 Å². The molecule has 124 valence electrons. The van der Waals surface area contributed by atoms with E-state index in [1.54, 1.807) is 25.1 Å². The molecule has 2 rings (SSSR count). The van der Waals surface area contributed by atoms with E-state index in [2.05, 4.69) is 32.6 Å². The summed E-state index contributed by atoms with van der Waals surface area (Å²) >= 11 is 3.32. The number of rotatable bonds is 5. The number of terminal acetylenes is 1. The van der Waals surface area contributed by atoms with Crippen molar-refractivity contribution in [2.75, 3.05) is 11.9 Å². The molecule has 0 aliphatic heterocycles. The summed E-state index contributed by atoms with van der Waals surface area (Å²) < 4.78 is 28.6. The van der Waals surface area contributed by atoms with E-state index in [1.165, 1.54) is 0 Å². The zero-order chi connectivity index (χ0) is 17.7. The minimum Gasteiger partial charge on any atom is -0.352 e. The lowest BCUT2D eigenvalue weighted by atomic mass is 10.1. The number of anilines is 2. The first kappa shape index (κ1) is 17.9. The molecule has 0 radical (unpaired) electrons. The third-order valence-corrected chi connectivity index (χ3v) is 3.60. The molecule has 0 spiro atoms. The summed E-state index contributed by atoms with van der Waals surface area (Å²) in [7, 11) is 0. The standard InChI is InChI=1S/C17H13BrF2N2O2/c1-3-8-24-22-17(23)12-5-6-13(19)15(20)16(12)21-14-7-4-11(18)9-10(14)2/h1,4-7,9,21H,8H2,2H3,(H,22,23). The molecule has 7 heteroatoms. The molecule has 0 aliphatic rings. The minimum absolute atomic E-state index is 0.117. The number of halogens is 3. The summed E-state index contributed by atoms with van der Waals surface area (Å²) in [5, 5.41) is 2.76. The van der Waals surface area contributed by atoms with Crippen LogP contribution in [0.2, 0.25) is 0 Å². The van der Waals surface area contributed by atoms with Crippen molar-refractivity contribution in [3.05, 3.63) is 57.6 Å². The van der Waals surface area contributed by atoms with Crippen LogP contribution in [0.5, 0.6) is 0 Å². The Labute approximate surface area is 146 Å². The van der Waals surface area contributed by atoms with Crippen molar-refractivity contribution in [2.45, 2.75) is 6.92 Å². The number of benzene rings is 2. The van der Waals surface area contributed by atoms with Gasteiger partial charge in [-0.1, -0.05) is 21.9 Å². The van der Waals surface area contributed by atoms with Crippen molar-refractivity contribution in [3.8, 4) is 12.3 Å². The van der Waals surface area contributed by atoms with Crippen LogP contribution in [0.15, 0.2) is 34.8 Å². The first-order valence-electron chi connectivity index (χ1n) is 6.80. The lowest BCUT2D eigenvalue weighted by Gasteiger charge is -2.15. The fourth-order valence-electron chi connectivity index (χ4n) is 1.96. The second-order valence-electron chi connectivity index (χ2n) is 4.79. The summed E-state index contributed by atoms with van der Waals surface area (Å²) in [6, 6.07) is 7.24. The van der Waals surface area contributed by atoms with Gasteiger partial charge in [-0.15, -0.1) is 6.42 Å². The molecule has 0 saturated heterocycles. The van der Waals surface area contributed by atoms with Gasteiger partial charge in [0, 0.05) is 10.2 Å². The van der Waals surface area contributed by atoms with E-state index in [0.29, 0.717) is 5.69 Å². The molecule has 1 amide bonds. The molecule has 4 nitrogen and oxygen atoms in total. The van der Waals surface area contributed by atoms with Gasteiger partial charge in [0.1, 0.15) is 6.61 Å². The molecule has 0 aliphatic carbocycles. The van der Waals surface area contributed by atoms with Crippen LogP contribution in [0.4, 0.5) is 20.2 Å². The molecular formula is C17H13BrF2N2O2. The normalized spacial score (nSPS) is 10.1. The number of carbonyl (C=O) groups is 1. The Balaban J connectivity index is 2.38.